The number of alkyl halides is 3. The lowest BCUT2D eigenvalue weighted by Gasteiger charge is -2.13. The second-order valence-electron chi connectivity index (χ2n) is 3.33. The molecule has 2 atom stereocenters. The van der Waals surface area contributed by atoms with Crippen LogP contribution in [-0.2, 0) is 6.18 Å². The molecule has 15 heavy (non-hydrogen) atoms. The molecule has 2 N–H and O–H groups in total. The molecule has 0 amide bonds. The fraction of sp³-hybridized carbons (Fsp3) is 0.750. The number of nitrogens with two attached hydrogens (primary N) is 1. The minimum Gasteiger partial charge on any atom is -0.339 e. The fourth-order valence-corrected chi connectivity index (χ4v) is 1.27. The highest BCUT2D eigenvalue weighted by Crippen LogP contribution is 2.29. The molecule has 0 bridgehead atoms. The maximum atomic E-state index is 12.2. The van der Waals surface area contributed by atoms with Gasteiger partial charge in [-0.05, 0) is 13.3 Å². The SMILES string of the molecule is CCC(c1nc(C(F)(F)F)no1)C(C)N. The second kappa shape index (κ2) is 4.18. The summed E-state index contributed by atoms with van der Waals surface area (Å²) in [4.78, 5) is 3.29. The summed E-state index contributed by atoms with van der Waals surface area (Å²) in [6, 6.07) is -0.323. The number of nitrogens with zero attached hydrogens (tertiary/aromatic N) is 2. The van der Waals surface area contributed by atoms with Gasteiger partial charge in [-0.15, -0.1) is 0 Å². The molecule has 0 radical (unpaired) electrons. The Morgan fingerprint density at radius 3 is 2.40 bits per heavy atom. The van der Waals surface area contributed by atoms with Crippen LogP contribution < -0.4 is 5.73 Å². The first-order chi connectivity index (χ1) is 6.86. The molecule has 1 heterocycles. The molecule has 0 saturated heterocycles. The third kappa shape index (κ3) is 2.68. The van der Waals surface area contributed by atoms with Gasteiger partial charge in [0.15, 0.2) is 0 Å². The van der Waals surface area contributed by atoms with Crippen molar-refractivity contribution in [1.82, 2.24) is 10.1 Å². The van der Waals surface area contributed by atoms with Crippen LogP contribution in [-0.4, -0.2) is 16.2 Å². The summed E-state index contributed by atoms with van der Waals surface area (Å²) in [6.07, 6.45) is -4.02. The van der Waals surface area contributed by atoms with Crippen molar-refractivity contribution in [2.24, 2.45) is 5.73 Å². The van der Waals surface area contributed by atoms with Gasteiger partial charge in [0.1, 0.15) is 0 Å². The van der Waals surface area contributed by atoms with Crippen molar-refractivity contribution in [1.29, 1.82) is 0 Å². The Bertz CT molecular complexity index is 321. The van der Waals surface area contributed by atoms with E-state index in [-0.39, 0.29) is 17.9 Å². The molecule has 1 aromatic heterocycles. The minimum atomic E-state index is -4.57. The lowest BCUT2D eigenvalue weighted by Crippen LogP contribution is -2.24. The topological polar surface area (TPSA) is 64.9 Å². The largest absolute Gasteiger partial charge is 0.455 e. The molecule has 0 fully saturated rings. The van der Waals surface area contributed by atoms with Crippen molar-refractivity contribution in [2.45, 2.75) is 38.4 Å². The Kier molecular flexibility index (Phi) is 3.33. The van der Waals surface area contributed by atoms with Gasteiger partial charge >= 0.3 is 6.18 Å². The molecule has 2 unspecified atom stereocenters. The van der Waals surface area contributed by atoms with Crippen LogP contribution >= 0.6 is 0 Å². The van der Waals surface area contributed by atoms with Crippen LogP contribution in [0.2, 0.25) is 0 Å². The first-order valence-corrected chi connectivity index (χ1v) is 4.52. The number of aromatic nitrogens is 2. The highest BCUT2D eigenvalue weighted by Gasteiger charge is 2.38. The summed E-state index contributed by atoms with van der Waals surface area (Å²) in [5.74, 6) is -1.65. The monoisotopic (exact) mass is 223 g/mol. The van der Waals surface area contributed by atoms with Gasteiger partial charge in [-0.2, -0.15) is 18.2 Å². The average Bonchev–Trinajstić information content (AvgIpc) is 2.52. The molecule has 1 aromatic rings. The van der Waals surface area contributed by atoms with E-state index < -0.39 is 12.0 Å². The standard InChI is InChI=1S/C8H12F3N3O/c1-3-5(4(2)12)6-13-7(14-15-6)8(9,10)11/h4-5H,3,12H2,1-2H3. The highest BCUT2D eigenvalue weighted by atomic mass is 19.4. The average molecular weight is 223 g/mol. The van der Waals surface area contributed by atoms with Crippen LogP contribution in [0.1, 0.15) is 37.9 Å². The van der Waals surface area contributed by atoms with Crippen LogP contribution in [0.15, 0.2) is 4.52 Å². The van der Waals surface area contributed by atoms with Gasteiger partial charge in [-0.3, -0.25) is 0 Å². The Hall–Kier alpha value is -1.11. The first kappa shape index (κ1) is 12.0. The summed E-state index contributed by atoms with van der Waals surface area (Å²) in [6.45, 7) is 3.48. The summed E-state index contributed by atoms with van der Waals surface area (Å²) >= 11 is 0. The predicted molar refractivity (Wildman–Crippen MR) is 46.0 cm³/mol. The van der Waals surface area contributed by atoms with Gasteiger partial charge in [0, 0.05) is 6.04 Å². The molecule has 1 rings (SSSR count). The van der Waals surface area contributed by atoms with Crippen molar-refractivity contribution in [3.63, 3.8) is 0 Å². The number of halogens is 3. The lowest BCUT2D eigenvalue weighted by atomic mass is 9.99. The van der Waals surface area contributed by atoms with Crippen LogP contribution in [0.25, 0.3) is 0 Å². The molecule has 0 aliphatic rings. The van der Waals surface area contributed by atoms with Crippen molar-refractivity contribution < 1.29 is 17.7 Å². The van der Waals surface area contributed by atoms with E-state index in [1.807, 2.05) is 0 Å². The van der Waals surface area contributed by atoms with E-state index in [1.54, 1.807) is 13.8 Å². The summed E-state index contributed by atoms with van der Waals surface area (Å²) in [5, 5.41) is 2.87. The predicted octanol–water partition coefficient (Wildman–Crippen LogP) is 1.93. The van der Waals surface area contributed by atoms with Gasteiger partial charge in [-0.1, -0.05) is 12.1 Å². The maximum absolute atomic E-state index is 12.2. The van der Waals surface area contributed by atoms with Crippen LogP contribution in [0.4, 0.5) is 13.2 Å². The molecule has 0 saturated carbocycles. The zero-order valence-electron chi connectivity index (χ0n) is 8.38. The normalized spacial score (nSPS) is 16.4. The van der Waals surface area contributed by atoms with Gasteiger partial charge in [0.25, 0.3) is 5.82 Å². The van der Waals surface area contributed by atoms with Crippen molar-refractivity contribution in [3.8, 4) is 0 Å². The number of hydrogen-bond donors (Lipinski definition) is 1. The Balaban J connectivity index is 2.92. The molecule has 0 aromatic carbocycles. The molecule has 86 valence electrons. The third-order valence-electron chi connectivity index (χ3n) is 2.09. The smallest absolute Gasteiger partial charge is 0.339 e. The second-order valence-corrected chi connectivity index (χ2v) is 3.33. The van der Waals surface area contributed by atoms with Crippen LogP contribution in [0, 0.1) is 0 Å². The lowest BCUT2D eigenvalue weighted by molar-refractivity contribution is -0.146. The zero-order valence-corrected chi connectivity index (χ0v) is 8.38. The Morgan fingerprint density at radius 2 is 2.07 bits per heavy atom. The Morgan fingerprint density at radius 1 is 1.47 bits per heavy atom. The quantitative estimate of drug-likeness (QED) is 0.850. The molecular weight excluding hydrogens is 211 g/mol. The van der Waals surface area contributed by atoms with Crippen molar-refractivity contribution in [3.05, 3.63) is 11.7 Å². The first-order valence-electron chi connectivity index (χ1n) is 4.52. The van der Waals surface area contributed by atoms with Gasteiger partial charge < -0.3 is 10.3 Å². The third-order valence-corrected chi connectivity index (χ3v) is 2.09. The summed E-state index contributed by atoms with van der Waals surface area (Å²) in [7, 11) is 0. The van der Waals surface area contributed by atoms with Crippen LogP contribution in [0.5, 0.6) is 0 Å². The van der Waals surface area contributed by atoms with E-state index in [0.29, 0.717) is 6.42 Å². The van der Waals surface area contributed by atoms with Crippen molar-refractivity contribution >= 4 is 0 Å². The number of rotatable bonds is 3. The maximum Gasteiger partial charge on any atom is 0.455 e. The molecule has 4 nitrogen and oxygen atoms in total. The van der Waals surface area contributed by atoms with Crippen molar-refractivity contribution in [2.75, 3.05) is 0 Å². The zero-order chi connectivity index (χ0) is 11.6. The minimum absolute atomic E-state index is 0.0557. The van der Waals surface area contributed by atoms with E-state index in [9.17, 15) is 13.2 Å². The van der Waals surface area contributed by atoms with E-state index in [4.69, 9.17) is 5.73 Å². The van der Waals surface area contributed by atoms with E-state index in [2.05, 4.69) is 14.7 Å². The van der Waals surface area contributed by atoms with Gasteiger partial charge in [0.2, 0.25) is 5.89 Å². The van der Waals surface area contributed by atoms with E-state index >= 15 is 0 Å². The summed E-state index contributed by atoms with van der Waals surface area (Å²) in [5.41, 5.74) is 5.59. The van der Waals surface area contributed by atoms with Gasteiger partial charge in [0.05, 0.1) is 5.92 Å². The Labute approximate surface area is 84.6 Å². The van der Waals surface area contributed by atoms with E-state index in [0.717, 1.165) is 0 Å². The number of hydrogen-bond acceptors (Lipinski definition) is 4. The fourth-order valence-electron chi connectivity index (χ4n) is 1.27. The molecular formula is C8H12F3N3O. The highest BCUT2D eigenvalue weighted by molar-refractivity contribution is 4.99. The van der Waals surface area contributed by atoms with Gasteiger partial charge in [-0.25, -0.2) is 0 Å². The van der Waals surface area contributed by atoms with E-state index in [1.165, 1.54) is 0 Å². The molecule has 0 aliphatic heterocycles. The molecule has 7 heteroatoms. The van der Waals surface area contributed by atoms with Crippen LogP contribution in [0.3, 0.4) is 0 Å². The molecule has 0 aliphatic carbocycles. The summed E-state index contributed by atoms with van der Waals surface area (Å²) < 4.78 is 41.0. The molecule has 0 spiro atoms.